The minimum absolute atomic E-state index is 0.0706. The maximum absolute atomic E-state index is 12.4. The Hall–Kier alpha value is -2.83. The van der Waals surface area contributed by atoms with Crippen LogP contribution >= 0.6 is 11.6 Å². The second-order valence-electron chi connectivity index (χ2n) is 5.91. The van der Waals surface area contributed by atoms with Crippen LogP contribution in [0.15, 0.2) is 77.7 Å². The molecule has 0 saturated carbocycles. The number of amides is 1. The molecule has 0 aromatic heterocycles. The first-order valence-corrected chi connectivity index (χ1v) is 9.97. The van der Waals surface area contributed by atoms with E-state index in [1.54, 1.807) is 42.5 Å². The summed E-state index contributed by atoms with van der Waals surface area (Å²) in [4.78, 5) is 12.4. The number of aryl methyl sites for hydroxylation is 1. The van der Waals surface area contributed by atoms with Crippen LogP contribution in [0.3, 0.4) is 0 Å². The zero-order valence-electron chi connectivity index (χ0n) is 14.4. The molecule has 0 aliphatic heterocycles. The Labute approximate surface area is 163 Å². The second-order valence-corrected chi connectivity index (χ2v) is 8.00. The van der Waals surface area contributed by atoms with Crippen molar-refractivity contribution in [2.24, 2.45) is 0 Å². The lowest BCUT2D eigenvalue weighted by Gasteiger charge is -2.09. The van der Waals surface area contributed by atoms with Crippen LogP contribution in [-0.2, 0) is 10.0 Å². The monoisotopic (exact) mass is 400 g/mol. The van der Waals surface area contributed by atoms with Crippen LogP contribution < -0.4 is 10.0 Å². The molecule has 3 aromatic rings. The molecule has 0 unspecified atom stereocenters. The summed E-state index contributed by atoms with van der Waals surface area (Å²) in [6.45, 7) is 1.87. The second kappa shape index (κ2) is 7.82. The van der Waals surface area contributed by atoms with Gasteiger partial charge in [0.25, 0.3) is 15.9 Å². The summed E-state index contributed by atoms with van der Waals surface area (Å²) in [7, 11) is -3.72. The van der Waals surface area contributed by atoms with Crippen molar-refractivity contribution in [2.75, 3.05) is 10.0 Å². The van der Waals surface area contributed by atoms with Gasteiger partial charge in [0.05, 0.1) is 4.90 Å². The minimum Gasteiger partial charge on any atom is -0.322 e. The van der Waals surface area contributed by atoms with Gasteiger partial charge in [-0.1, -0.05) is 35.9 Å². The van der Waals surface area contributed by atoms with E-state index in [2.05, 4.69) is 10.0 Å². The Morgan fingerprint density at radius 2 is 1.56 bits per heavy atom. The molecule has 0 aliphatic rings. The molecular weight excluding hydrogens is 384 g/mol. The van der Waals surface area contributed by atoms with Crippen LogP contribution in [0, 0.1) is 6.92 Å². The molecule has 0 spiro atoms. The van der Waals surface area contributed by atoms with Crippen LogP contribution in [0.4, 0.5) is 11.4 Å². The van der Waals surface area contributed by atoms with E-state index in [-0.39, 0.29) is 10.8 Å². The fraction of sp³-hybridized carbons (Fsp3) is 0.0500. The molecule has 0 atom stereocenters. The van der Waals surface area contributed by atoms with Gasteiger partial charge in [-0.25, -0.2) is 8.42 Å². The van der Waals surface area contributed by atoms with Crippen LogP contribution in [0.2, 0.25) is 5.02 Å². The number of nitrogens with one attached hydrogen (secondary N) is 2. The average molecular weight is 401 g/mol. The Morgan fingerprint density at radius 3 is 2.19 bits per heavy atom. The van der Waals surface area contributed by atoms with Gasteiger partial charge in [0.15, 0.2) is 0 Å². The highest BCUT2D eigenvalue weighted by Crippen LogP contribution is 2.21. The molecule has 138 valence electrons. The van der Waals surface area contributed by atoms with Crippen molar-refractivity contribution in [3.05, 3.63) is 88.9 Å². The number of anilines is 2. The van der Waals surface area contributed by atoms with E-state index < -0.39 is 10.0 Å². The van der Waals surface area contributed by atoms with Crippen LogP contribution in [0.25, 0.3) is 0 Å². The molecule has 0 heterocycles. The van der Waals surface area contributed by atoms with E-state index in [0.29, 0.717) is 22.0 Å². The Bertz CT molecular complexity index is 1070. The molecule has 2 N–H and O–H groups in total. The van der Waals surface area contributed by atoms with Gasteiger partial charge in [-0.2, -0.15) is 0 Å². The Balaban J connectivity index is 1.74. The highest BCUT2D eigenvalue weighted by atomic mass is 35.5. The molecule has 0 radical (unpaired) electrons. The zero-order chi connectivity index (χ0) is 19.4. The van der Waals surface area contributed by atoms with E-state index in [1.807, 2.05) is 13.0 Å². The Morgan fingerprint density at radius 1 is 0.889 bits per heavy atom. The van der Waals surface area contributed by atoms with Crippen molar-refractivity contribution in [1.29, 1.82) is 0 Å². The van der Waals surface area contributed by atoms with E-state index in [1.165, 1.54) is 24.3 Å². The zero-order valence-corrected chi connectivity index (χ0v) is 16.0. The van der Waals surface area contributed by atoms with Crippen molar-refractivity contribution < 1.29 is 13.2 Å². The van der Waals surface area contributed by atoms with Gasteiger partial charge in [0.1, 0.15) is 0 Å². The third-order valence-corrected chi connectivity index (χ3v) is 5.69. The number of halogens is 1. The van der Waals surface area contributed by atoms with Gasteiger partial charge >= 0.3 is 0 Å². The average Bonchev–Trinajstić information content (AvgIpc) is 2.65. The molecule has 1 amide bonds. The molecule has 5 nitrogen and oxygen atoms in total. The fourth-order valence-electron chi connectivity index (χ4n) is 2.38. The van der Waals surface area contributed by atoms with Crippen molar-refractivity contribution in [3.63, 3.8) is 0 Å². The standard InChI is InChI=1S/C20H17ClN2O3S/c1-14-7-10-17(13-19(14)21)22-20(24)15-8-11-18(12-9-15)27(25,26)23-16-5-3-2-4-6-16/h2-13,23H,1H3,(H,22,24). The largest absolute Gasteiger partial charge is 0.322 e. The highest BCUT2D eigenvalue weighted by Gasteiger charge is 2.15. The smallest absolute Gasteiger partial charge is 0.261 e. The van der Waals surface area contributed by atoms with Crippen LogP contribution in [0.5, 0.6) is 0 Å². The number of carbonyl (C=O) groups excluding carboxylic acids is 1. The minimum atomic E-state index is -3.72. The topological polar surface area (TPSA) is 75.3 Å². The quantitative estimate of drug-likeness (QED) is 0.651. The lowest BCUT2D eigenvalue weighted by Crippen LogP contribution is -2.14. The van der Waals surface area contributed by atoms with E-state index in [9.17, 15) is 13.2 Å². The van der Waals surface area contributed by atoms with Crippen molar-refractivity contribution in [2.45, 2.75) is 11.8 Å². The summed E-state index contributed by atoms with van der Waals surface area (Å²) in [5.41, 5.74) is 2.29. The number of rotatable bonds is 5. The van der Waals surface area contributed by atoms with Gasteiger partial charge < -0.3 is 5.32 Å². The molecule has 0 aliphatic carbocycles. The summed E-state index contributed by atoms with van der Waals surface area (Å²) in [5.74, 6) is -0.352. The molecule has 3 rings (SSSR count). The van der Waals surface area contributed by atoms with Crippen LogP contribution in [-0.4, -0.2) is 14.3 Å². The number of carbonyl (C=O) groups is 1. The van der Waals surface area contributed by atoms with Gasteiger partial charge in [-0.3, -0.25) is 9.52 Å². The first-order chi connectivity index (χ1) is 12.8. The maximum atomic E-state index is 12.4. The first kappa shape index (κ1) is 18.9. The molecule has 0 saturated heterocycles. The van der Waals surface area contributed by atoms with E-state index >= 15 is 0 Å². The molecule has 7 heteroatoms. The summed E-state index contributed by atoms with van der Waals surface area (Å²) >= 11 is 6.06. The number of hydrogen-bond acceptors (Lipinski definition) is 3. The summed E-state index contributed by atoms with van der Waals surface area (Å²) in [6, 6.07) is 19.5. The number of hydrogen-bond donors (Lipinski definition) is 2. The number of benzene rings is 3. The Kier molecular flexibility index (Phi) is 5.48. The predicted octanol–water partition coefficient (Wildman–Crippen LogP) is 4.70. The number of sulfonamides is 1. The van der Waals surface area contributed by atoms with Gasteiger partial charge in [-0.15, -0.1) is 0 Å². The highest BCUT2D eigenvalue weighted by molar-refractivity contribution is 7.92. The summed E-state index contributed by atoms with van der Waals surface area (Å²) in [5, 5.41) is 3.29. The van der Waals surface area contributed by atoms with Crippen molar-refractivity contribution >= 4 is 38.9 Å². The molecular formula is C20H17ClN2O3S. The predicted molar refractivity (Wildman–Crippen MR) is 108 cm³/mol. The van der Waals surface area contributed by atoms with Gasteiger partial charge in [0, 0.05) is 22.0 Å². The third-order valence-electron chi connectivity index (χ3n) is 3.88. The lowest BCUT2D eigenvalue weighted by atomic mass is 10.2. The normalized spacial score (nSPS) is 11.0. The lowest BCUT2D eigenvalue weighted by molar-refractivity contribution is 0.102. The van der Waals surface area contributed by atoms with Gasteiger partial charge in [-0.05, 0) is 61.0 Å². The van der Waals surface area contributed by atoms with E-state index in [0.717, 1.165) is 5.56 Å². The van der Waals surface area contributed by atoms with E-state index in [4.69, 9.17) is 11.6 Å². The first-order valence-electron chi connectivity index (χ1n) is 8.10. The summed E-state index contributed by atoms with van der Waals surface area (Å²) < 4.78 is 27.3. The van der Waals surface area contributed by atoms with Gasteiger partial charge in [0.2, 0.25) is 0 Å². The SMILES string of the molecule is Cc1ccc(NC(=O)c2ccc(S(=O)(=O)Nc3ccccc3)cc2)cc1Cl. The maximum Gasteiger partial charge on any atom is 0.261 e. The molecule has 3 aromatic carbocycles. The number of para-hydroxylation sites is 1. The molecule has 0 bridgehead atoms. The van der Waals surface area contributed by atoms with Crippen molar-refractivity contribution in [3.8, 4) is 0 Å². The molecule has 27 heavy (non-hydrogen) atoms. The summed E-state index contributed by atoms with van der Waals surface area (Å²) in [6.07, 6.45) is 0. The van der Waals surface area contributed by atoms with Crippen molar-refractivity contribution in [1.82, 2.24) is 0 Å². The third kappa shape index (κ3) is 4.67. The molecule has 0 fully saturated rings. The fourth-order valence-corrected chi connectivity index (χ4v) is 3.62. The van der Waals surface area contributed by atoms with Crippen LogP contribution in [0.1, 0.15) is 15.9 Å².